The first-order valence-electron chi connectivity index (χ1n) is 7.28. The van der Waals surface area contributed by atoms with Gasteiger partial charge in [0.25, 0.3) is 0 Å². The van der Waals surface area contributed by atoms with Crippen LogP contribution in [0.15, 0.2) is 30.9 Å². The first-order chi connectivity index (χ1) is 10.6. The van der Waals surface area contributed by atoms with E-state index in [0.29, 0.717) is 0 Å². The van der Waals surface area contributed by atoms with E-state index < -0.39 is 0 Å². The van der Waals surface area contributed by atoms with E-state index >= 15 is 0 Å². The number of hydrogen-bond acceptors (Lipinski definition) is 4. The molecule has 1 N–H and O–H groups in total. The van der Waals surface area contributed by atoms with Gasteiger partial charge in [-0.3, -0.25) is 9.67 Å². The Balaban J connectivity index is 1.77. The molecule has 0 atom stereocenters. The fourth-order valence-electron chi connectivity index (χ4n) is 2.45. The molecule has 5 nitrogen and oxygen atoms in total. The fourth-order valence-corrected chi connectivity index (χ4v) is 2.65. The molecule has 0 amide bonds. The Morgan fingerprint density at radius 3 is 2.91 bits per heavy atom. The van der Waals surface area contributed by atoms with Crippen LogP contribution < -0.4 is 5.32 Å². The van der Waals surface area contributed by atoms with Crippen LogP contribution in [0.4, 0.5) is 5.69 Å². The van der Waals surface area contributed by atoms with Crippen molar-refractivity contribution in [3.63, 3.8) is 0 Å². The van der Waals surface area contributed by atoms with Crippen molar-refractivity contribution in [2.24, 2.45) is 0 Å². The minimum atomic E-state index is 0.729. The van der Waals surface area contributed by atoms with Crippen LogP contribution >= 0.6 is 11.6 Å². The van der Waals surface area contributed by atoms with Crippen LogP contribution in [0.2, 0.25) is 5.02 Å². The largest absolute Gasteiger partial charge is 0.384 e. The molecule has 0 radical (unpaired) electrons. The molecule has 2 heterocycles. The summed E-state index contributed by atoms with van der Waals surface area (Å²) in [7, 11) is 0. The van der Waals surface area contributed by atoms with Gasteiger partial charge in [-0.05, 0) is 31.9 Å². The molecule has 114 valence electrons. The molecule has 3 aromatic rings. The number of pyridine rings is 1. The lowest BCUT2D eigenvalue weighted by molar-refractivity contribution is 0.590. The van der Waals surface area contributed by atoms with E-state index in [2.05, 4.69) is 32.5 Å². The van der Waals surface area contributed by atoms with Crippen molar-refractivity contribution in [1.29, 1.82) is 0 Å². The number of benzene rings is 1. The highest BCUT2D eigenvalue weighted by Gasteiger charge is 2.09. The van der Waals surface area contributed by atoms with Crippen molar-refractivity contribution in [1.82, 2.24) is 19.7 Å². The Hall–Kier alpha value is -2.14. The summed E-state index contributed by atoms with van der Waals surface area (Å²) in [5.74, 6) is 0. The van der Waals surface area contributed by atoms with Crippen molar-refractivity contribution < 1.29 is 0 Å². The van der Waals surface area contributed by atoms with Crippen LogP contribution in [-0.2, 0) is 6.54 Å². The normalized spacial score (nSPS) is 11.0. The molecule has 1 aromatic carbocycles. The number of anilines is 1. The number of aryl methyl sites for hydroxylation is 3. The zero-order valence-electron chi connectivity index (χ0n) is 12.7. The average molecular weight is 316 g/mol. The van der Waals surface area contributed by atoms with Crippen LogP contribution in [0.25, 0.3) is 10.9 Å². The predicted octanol–water partition coefficient (Wildman–Crippen LogP) is 3.60. The zero-order chi connectivity index (χ0) is 15.5. The van der Waals surface area contributed by atoms with Crippen LogP contribution in [0.1, 0.15) is 17.7 Å². The molecule has 0 fully saturated rings. The summed E-state index contributed by atoms with van der Waals surface area (Å²) in [5.41, 5.74) is 3.94. The minimum Gasteiger partial charge on any atom is -0.384 e. The fraction of sp³-hybridized carbons (Fsp3) is 0.312. The first-order valence-corrected chi connectivity index (χ1v) is 7.65. The molecular weight excluding hydrogens is 298 g/mol. The minimum absolute atomic E-state index is 0.729. The molecule has 0 unspecified atom stereocenters. The average Bonchev–Trinajstić information content (AvgIpc) is 3.01. The Morgan fingerprint density at radius 1 is 1.27 bits per heavy atom. The van der Waals surface area contributed by atoms with Gasteiger partial charge >= 0.3 is 0 Å². The summed E-state index contributed by atoms with van der Waals surface area (Å²) in [6, 6.07) is 6.16. The van der Waals surface area contributed by atoms with Gasteiger partial charge in [-0.25, -0.2) is 4.98 Å². The van der Waals surface area contributed by atoms with Gasteiger partial charge in [0.1, 0.15) is 12.7 Å². The smallest absolute Gasteiger partial charge is 0.137 e. The number of hydrogen-bond donors (Lipinski definition) is 1. The molecule has 3 rings (SSSR count). The molecule has 0 bridgehead atoms. The molecule has 0 saturated heterocycles. The predicted molar refractivity (Wildman–Crippen MR) is 89.4 cm³/mol. The quantitative estimate of drug-likeness (QED) is 0.731. The Kier molecular flexibility index (Phi) is 4.24. The van der Waals surface area contributed by atoms with Crippen molar-refractivity contribution in [3.05, 3.63) is 47.1 Å². The zero-order valence-corrected chi connectivity index (χ0v) is 13.4. The third-order valence-electron chi connectivity index (χ3n) is 3.59. The van der Waals surface area contributed by atoms with Gasteiger partial charge in [0.2, 0.25) is 0 Å². The highest BCUT2D eigenvalue weighted by atomic mass is 35.5. The summed E-state index contributed by atoms with van der Waals surface area (Å²) in [6.07, 6.45) is 4.25. The molecule has 0 aliphatic heterocycles. The lowest BCUT2D eigenvalue weighted by Gasteiger charge is -2.12. The Labute approximate surface area is 134 Å². The van der Waals surface area contributed by atoms with E-state index in [4.69, 9.17) is 11.6 Å². The summed E-state index contributed by atoms with van der Waals surface area (Å²) in [6.45, 7) is 5.68. The number of fused-ring (bicyclic) bond motifs is 1. The number of halogens is 1. The van der Waals surface area contributed by atoms with E-state index in [1.54, 1.807) is 12.7 Å². The SMILES string of the molecule is Cc1cc(NCCCn2cncn2)c2ccc(C)c(Cl)c2n1. The number of nitrogens with one attached hydrogen (secondary N) is 1. The van der Waals surface area contributed by atoms with Crippen molar-refractivity contribution in [2.75, 3.05) is 11.9 Å². The number of nitrogens with zero attached hydrogens (tertiary/aromatic N) is 4. The van der Waals surface area contributed by atoms with Gasteiger partial charge in [-0.1, -0.05) is 23.7 Å². The molecular formula is C16H18ClN5. The van der Waals surface area contributed by atoms with Crippen molar-refractivity contribution >= 4 is 28.2 Å². The van der Waals surface area contributed by atoms with Gasteiger partial charge in [0.05, 0.1) is 10.5 Å². The van der Waals surface area contributed by atoms with E-state index in [1.165, 1.54) is 0 Å². The summed E-state index contributed by atoms with van der Waals surface area (Å²) in [4.78, 5) is 8.51. The molecule has 6 heteroatoms. The van der Waals surface area contributed by atoms with Gasteiger partial charge in [-0.2, -0.15) is 5.10 Å². The molecule has 0 spiro atoms. The maximum atomic E-state index is 6.39. The van der Waals surface area contributed by atoms with E-state index in [9.17, 15) is 0 Å². The van der Waals surface area contributed by atoms with Crippen LogP contribution in [0.5, 0.6) is 0 Å². The maximum Gasteiger partial charge on any atom is 0.137 e. The second kappa shape index (κ2) is 6.32. The summed E-state index contributed by atoms with van der Waals surface area (Å²) < 4.78 is 1.83. The monoisotopic (exact) mass is 315 g/mol. The first kappa shape index (κ1) is 14.8. The van der Waals surface area contributed by atoms with Crippen molar-refractivity contribution in [3.8, 4) is 0 Å². The summed E-state index contributed by atoms with van der Waals surface area (Å²) in [5, 5.41) is 9.36. The second-order valence-electron chi connectivity index (χ2n) is 5.34. The highest BCUT2D eigenvalue weighted by Crippen LogP contribution is 2.30. The maximum absolute atomic E-state index is 6.39. The van der Waals surface area contributed by atoms with Crippen LogP contribution in [-0.4, -0.2) is 26.3 Å². The lowest BCUT2D eigenvalue weighted by atomic mass is 10.1. The lowest BCUT2D eigenvalue weighted by Crippen LogP contribution is -2.08. The molecule has 0 aliphatic carbocycles. The van der Waals surface area contributed by atoms with Crippen LogP contribution in [0, 0.1) is 13.8 Å². The van der Waals surface area contributed by atoms with Gasteiger partial charge in [0.15, 0.2) is 0 Å². The Morgan fingerprint density at radius 2 is 2.14 bits per heavy atom. The standard InChI is InChI=1S/C16H18ClN5/c1-11-4-5-13-14(8-12(2)21-16(13)15(11)17)19-6-3-7-22-10-18-9-20-22/h4-5,8-10H,3,6-7H2,1-2H3,(H,19,21). The third kappa shape index (κ3) is 3.04. The molecule has 0 saturated carbocycles. The molecule has 2 aromatic heterocycles. The van der Waals surface area contributed by atoms with Gasteiger partial charge in [0, 0.05) is 29.9 Å². The second-order valence-corrected chi connectivity index (χ2v) is 5.72. The van der Waals surface area contributed by atoms with Gasteiger partial charge in [-0.15, -0.1) is 0 Å². The van der Waals surface area contributed by atoms with E-state index in [0.717, 1.165) is 52.4 Å². The molecule has 22 heavy (non-hydrogen) atoms. The highest BCUT2D eigenvalue weighted by molar-refractivity contribution is 6.36. The van der Waals surface area contributed by atoms with Crippen molar-refractivity contribution in [2.45, 2.75) is 26.8 Å². The number of aromatic nitrogens is 4. The summed E-state index contributed by atoms with van der Waals surface area (Å²) >= 11 is 6.39. The molecule has 0 aliphatic rings. The van der Waals surface area contributed by atoms with E-state index in [1.807, 2.05) is 24.6 Å². The third-order valence-corrected chi connectivity index (χ3v) is 4.06. The van der Waals surface area contributed by atoms with Crippen LogP contribution in [0.3, 0.4) is 0 Å². The Bertz CT molecular complexity index is 783. The number of rotatable bonds is 5. The topological polar surface area (TPSA) is 55.6 Å². The van der Waals surface area contributed by atoms with E-state index in [-0.39, 0.29) is 0 Å². The van der Waals surface area contributed by atoms with Gasteiger partial charge < -0.3 is 5.32 Å².